The summed E-state index contributed by atoms with van der Waals surface area (Å²) in [4.78, 5) is 8.81. The highest BCUT2D eigenvalue weighted by atomic mass is 19.1. The van der Waals surface area contributed by atoms with Crippen molar-refractivity contribution >= 4 is 22.4 Å². The van der Waals surface area contributed by atoms with E-state index < -0.39 is 11.6 Å². The summed E-state index contributed by atoms with van der Waals surface area (Å²) in [6.45, 7) is 0.240. The van der Waals surface area contributed by atoms with E-state index in [1.54, 1.807) is 37.1 Å². The Bertz CT molecular complexity index is 1530. The molecule has 2 aromatic heterocycles. The van der Waals surface area contributed by atoms with Crippen molar-refractivity contribution in [2.24, 2.45) is 0 Å². The van der Waals surface area contributed by atoms with Gasteiger partial charge < -0.3 is 24.5 Å². The van der Waals surface area contributed by atoms with E-state index in [1.165, 1.54) is 6.07 Å². The second kappa shape index (κ2) is 9.53. The number of hydrogen-bond donors (Lipinski definition) is 2. The van der Waals surface area contributed by atoms with Crippen LogP contribution in [0.15, 0.2) is 72.9 Å². The lowest BCUT2D eigenvalue weighted by Crippen LogP contribution is -2.01. The summed E-state index contributed by atoms with van der Waals surface area (Å²) in [6, 6.07) is 18.1. The molecule has 0 saturated heterocycles. The van der Waals surface area contributed by atoms with E-state index in [9.17, 15) is 13.9 Å². The molecule has 0 aliphatic rings. The molecular weight excluding hydrogens is 466 g/mol. The number of hydrogen-bond acceptors (Lipinski definition) is 6. The lowest BCUT2D eigenvalue weighted by molar-refractivity contribution is 0.387. The van der Waals surface area contributed by atoms with Gasteiger partial charge in [0.2, 0.25) is 5.88 Å². The molecule has 0 unspecified atom stereocenters. The first kappa shape index (κ1) is 23.1. The fourth-order valence-electron chi connectivity index (χ4n) is 4.00. The number of benzene rings is 3. The van der Waals surface area contributed by atoms with Gasteiger partial charge in [-0.25, -0.2) is 18.7 Å². The standard InChI is InChI=1S/C27H22F2N4O3/c1-35-18-12-11-16(22(13-18)36-2)14-33-15-21-24(27(33)34)26(30-17-7-4-3-5-8-17)32-25(31-21)23-19(28)9-6-10-20(23)29/h3-13,15,34H,14H2,1-2H3,(H,30,31,32). The van der Waals surface area contributed by atoms with Crippen molar-refractivity contribution in [3.05, 3.63) is 90.1 Å². The Morgan fingerprint density at radius 2 is 1.67 bits per heavy atom. The third kappa shape index (κ3) is 4.26. The van der Waals surface area contributed by atoms with Gasteiger partial charge in [0, 0.05) is 23.5 Å². The Kier molecular flexibility index (Phi) is 6.12. The van der Waals surface area contributed by atoms with Gasteiger partial charge in [0.1, 0.15) is 34.3 Å². The molecular formula is C27H22F2N4O3. The first-order valence-electron chi connectivity index (χ1n) is 11.1. The molecule has 5 rings (SSSR count). The summed E-state index contributed by atoms with van der Waals surface area (Å²) < 4.78 is 41.5. The number of fused-ring (bicyclic) bond motifs is 1. The minimum Gasteiger partial charge on any atom is -0.497 e. The number of rotatable bonds is 7. The van der Waals surface area contributed by atoms with E-state index in [0.29, 0.717) is 28.1 Å². The van der Waals surface area contributed by atoms with Crippen LogP contribution in [0.25, 0.3) is 22.3 Å². The van der Waals surface area contributed by atoms with Crippen LogP contribution in [0.1, 0.15) is 5.56 Å². The van der Waals surface area contributed by atoms with Crippen LogP contribution in [0.4, 0.5) is 20.3 Å². The van der Waals surface area contributed by atoms with E-state index in [4.69, 9.17) is 9.47 Å². The molecule has 0 saturated carbocycles. The Labute approximate surface area is 205 Å². The summed E-state index contributed by atoms with van der Waals surface area (Å²) >= 11 is 0. The topological polar surface area (TPSA) is 81.4 Å². The first-order valence-corrected chi connectivity index (χ1v) is 11.1. The fraction of sp³-hybridized carbons (Fsp3) is 0.111. The van der Waals surface area contributed by atoms with E-state index in [2.05, 4.69) is 15.3 Å². The lowest BCUT2D eigenvalue weighted by Gasteiger charge is -2.12. The van der Waals surface area contributed by atoms with Gasteiger partial charge in [-0.3, -0.25) is 0 Å². The van der Waals surface area contributed by atoms with Gasteiger partial charge >= 0.3 is 0 Å². The van der Waals surface area contributed by atoms with Gasteiger partial charge in [-0.15, -0.1) is 0 Å². The average Bonchev–Trinajstić information content (AvgIpc) is 3.20. The summed E-state index contributed by atoms with van der Waals surface area (Å²) in [5, 5.41) is 14.6. The van der Waals surface area contributed by atoms with Gasteiger partial charge in [0.15, 0.2) is 5.82 Å². The zero-order valence-electron chi connectivity index (χ0n) is 19.5. The van der Waals surface area contributed by atoms with Gasteiger partial charge in [-0.2, -0.15) is 0 Å². The lowest BCUT2D eigenvalue weighted by atomic mass is 10.1. The number of para-hydroxylation sites is 1. The number of methoxy groups -OCH3 is 2. The third-order valence-electron chi connectivity index (χ3n) is 5.77. The molecule has 9 heteroatoms. The summed E-state index contributed by atoms with van der Waals surface area (Å²) in [5.41, 5.74) is 1.42. The van der Waals surface area contributed by atoms with Crippen molar-refractivity contribution in [1.82, 2.24) is 14.5 Å². The number of halogens is 2. The molecule has 0 amide bonds. The van der Waals surface area contributed by atoms with Crippen LogP contribution in [0.3, 0.4) is 0 Å². The molecule has 0 radical (unpaired) electrons. The highest BCUT2D eigenvalue weighted by Crippen LogP contribution is 2.37. The average molecular weight is 488 g/mol. The van der Waals surface area contributed by atoms with E-state index >= 15 is 0 Å². The minimum atomic E-state index is -0.786. The molecule has 2 N–H and O–H groups in total. The predicted molar refractivity (Wildman–Crippen MR) is 133 cm³/mol. The van der Waals surface area contributed by atoms with Crippen LogP contribution >= 0.6 is 0 Å². The van der Waals surface area contributed by atoms with Crippen molar-refractivity contribution in [3.63, 3.8) is 0 Å². The first-order chi connectivity index (χ1) is 17.5. The van der Waals surface area contributed by atoms with Crippen molar-refractivity contribution < 1.29 is 23.4 Å². The van der Waals surface area contributed by atoms with Crippen LogP contribution in [0.5, 0.6) is 17.4 Å². The molecule has 2 heterocycles. The summed E-state index contributed by atoms with van der Waals surface area (Å²) in [6.07, 6.45) is 1.61. The van der Waals surface area contributed by atoms with E-state index in [1.807, 2.05) is 36.4 Å². The Morgan fingerprint density at radius 1 is 0.917 bits per heavy atom. The molecule has 0 spiro atoms. The van der Waals surface area contributed by atoms with E-state index in [-0.39, 0.29) is 29.6 Å². The van der Waals surface area contributed by atoms with Crippen molar-refractivity contribution in [1.29, 1.82) is 0 Å². The van der Waals surface area contributed by atoms with Crippen LogP contribution in [0.2, 0.25) is 0 Å². The molecule has 0 bridgehead atoms. The van der Waals surface area contributed by atoms with Crippen LogP contribution in [-0.2, 0) is 6.54 Å². The number of nitrogens with one attached hydrogen (secondary N) is 1. The van der Waals surface area contributed by atoms with Gasteiger partial charge in [-0.05, 0) is 36.4 Å². The van der Waals surface area contributed by atoms with E-state index in [0.717, 1.165) is 17.7 Å². The largest absolute Gasteiger partial charge is 0.497 e. The quantitative estimate of drug-likeness (QED) is 0.297. The minimum absolute atomic E-state index is 0.109. The molecule has 0 atom stereocenters. The zero-order chi connectivity index (χ0) is 25.2. The Hall–Kier alpha value is -4.66. The number of nitrogens with zero attached hydrogens (tertiary/aromatic N) is 3. The van der Waals surface area contributed by atoms with Gasteiger partial charge in [0.25, 0.3) is 0 Å². The zero-order valence-corrected chi connectivity index (χ0v) is 19.5. The van der Waals surface area contributed by atoms with Gasteiger partial charge in [-0.1, -0.05) is 24.3 Å². The van der Waals surface area contributed by atoms with Crippen LogP contribution < -0.4 is 14.8 Å². The molecule has 182 valence electrons. The molecule has 7 nitrogen and oxygen atoms in total. The molecule has 0 aliphatic carbocycles. The second-order valence-electron chi connectivity index (χ2n) is 8.00. The monoisotopic (exact) mass is 488 g/mol. The number of ether oxygens (including phenoxy) is 2. The maximum Gasteiger partial charge on any atom is 0.204 e. The third-order valence-corrected chi connectivity index (χ3v) is 5.77. The van der Waals surface area contributed by atoms with Crippen LogP contribution in [0, 0.1) is 11.6 Å². The van der Waals surface area contributed by atoms with Crippen molar-refractivity contribution in [3.8, 4) is 28.8 Å². The Morgan fingerprint density at radius 3 is 2.36 bits per heavy atom. The number of aromatic hydroxyl groups is 1. The molecule has 0 fully saturated rings. The highest BCUT2D eigenvalue weighted by molar-refractivity contribution is 5.97. The van der Waals surface area contributed by atoms with Crippen molar-refractivity contribution in [2.75, 3.05) is 19.5 Å². The molecule has 36 heavy (non-hydrogen) atoms. The highest BCUT2D eigenvalue weighted by Gasteiger charge is 2.22. The number of aromatic nitrogens is 3. The summed E-state index contributed by atoms with van der Waals surface area (Å²) in [7, 11) is 3.11. The SMILES string of the molecule is COc1ccc(Cn2cc3nc(-c4c(F)cccc4F)nc(Nc4ccccc4)c3c2O)c(OC)c1. The van der Waals surface area contributed by atoms with Crippen molar-refractivity contribution in [2.45, 2.75) is 6.54 Å². The molecule has 3 aromatic carbocycles. The predicted octanol–water partition coefficient (Wildman–Crippen LogP) is 5.89. The Balaban J connectivity index is 1.67. The molecule has 0 aliphatic heterocycles. The maximum atomic E-state index is 14.6. The second-order valence-corrected chi connectivity index (χ2v) is 8.00. The fourth-order valence-corrected chi connectivity index (χ4v) is 4.00. The maximum absolute atomic E-state index is 14.6. The van der Waals surface area contributed by atoms with Crippen LogP contribution in [-0.4, -0.2) is 33.9 Å². The molecule has 5 aromatic rings. The number of anilines is 2. The smallest absolute Gasteiger partial charge is 0.204 e. The summed E-state index contributed by atoms with van der Waals surface area (Å²) in [5.74, 6) is -0.402. The normalized spacial score (nSPS) is 11.0. The van der Waals surface area contributed by atoms with Gasteiger partial charge in [0.05, 0.1) is 31.8 Å².